The second-order valence-corrected chi connectivity index (χ2v) is 11.7. The van der Waals surface area contributed by atoms with Crippen molar-refractivity contribution >= 4 is 44.3 Å². The zero-order valence-electron chi connectivity index (χ0n) is 33.0. The molecule has 0 radical (unpaired) electrons. The first-order valence-corrected chi connectivity index (χ1v) is 16.2. The van der Waals surface area contributed by atoms with Gasteiger partial charge in [0.2, 0.25) is 0 Å². The molecule has 0 aliphatic heterocycles. The first-order chi connectivity index (χ1) is 22.2. The Balaban J connectivity index is -0.000000189. The number of hydrogen-bond acceptors (Lipinski definition) is 7. The first kappa shape index (κ1) is 60.2. The van der Waals surface area contributed by atoms with Crippen LogP contribution in [0.2, 0.25) is 0 Å². The Morgan fingerprint density at radius 3 is 1.62 bits per heavy atom. The van der Waals surface area contributed by atoms with Crippen molar-refractivity contribution in [1.29, 1.82) is 0 Å². The van der Waals surface area contributed by atoms with Crippen LogP contribution in [0.25, 0.3) is 10.9 Å². The van der Waals surface area contributed by atoms with Crippen LogP contribution in [-0.4, -0.2) is 49.3 Å². The predicted molar refractivity (Wildman–Crippen MR) is 216 cm³/mol. The van der Waals surface area contributed by atoms with E-state index in [1.807, 2.05) is 84.9 Å². The van der Waals surface area contributed by atoms with Crippen molar-refractivity contribution in [2.75, 3.05) is 43.4 Å². The SMILES string of the molecule is CN(O)c1ccccc1Br.CN(O)c1ccccc1C1=CCC=C1.CN(O)c1ccccc1C1CCCC1.C[N-]c1[c-]cccc1.[CH3-].[CH3-].[CH3-].[Li+].[Li+].[OH-].[Zr+4]. The molecule has 6 rings (SSSR count). The number of anilines is 3. The zero-order chi connectivity index (χ0) is 33.3. The fourth-order valence-electron chi connectivity index (χ4n) is 5.26. The Labute approximate surface area is 372 Å². The molecule has 0 bridgehead atoms. The topological polar surface area (TPSA) is 115 Å². The van der Waals surface area contributed by atoms with Crippen LogP contribution >= 0.6 is 15.9 Å². The number of hydroxylamine groups is 3. The average Bonchev–Trinajstić information content (AvgIpc) is 3.82. The molecule has 2 aliphatic carbocycles. The van der Waals surface area contributed by atoms with Gasteiger partial charge in [0.15, 0.2) is 0 Å². The van der Waals surface area contributed by atoms with Crippen molar-refractivity contribution < 1.29 is 85.0 Å². The Hall–Kier alpha value is -2.04. The van der Waals surface area contributed by atoms with Crippen LogP contribution in [0.5, 0.6) is 0 Å². The minimum atomic E-state index is 0. The van der Waals surface area contributed by atoms with Gasteiger partial charge in [-0.25, -0.2) is 0 Å². The largest absolute Gasteiger partial charge is 4.00 e. The summed E-state index contributed by atoms with van der Waals surface area (Å²) >= 11 is 3.30. The molecule has 0 spiro atoms. The van der Waals surface area contributed by atoms with E-state index in [2.05, 4.69) is 57.7 Å². The predicted octanol–water partition coefficient (Wildman–Crippen LogP) is 5.60. The van der Waals surface area contributed by atoms with Gasteiger partial charge in [0.05, 0.1) is 17.1 Å². The van der Waals surface area contributed by atoms with Crippen molar-refractivity contribution in [2.45, 2.75) is 38.0 Å². The quantitative estimate of drug-likeness (QED) is 0.132. The van der Waals surface area contributed by atoms with Crippen LogP contribution < -0.4 is 52.9 Å². The van der Waals surface area contributed by atoms with Gasteiger partial charge in [0.1, 0.15) is 0 Å². The maximum Gasteiger partial charge on any atom is 4.00 e. The summed E-state index contributed by atoms with van der Waals surface area (Å²) in [6, 6.07) is 34.0. The fraction of sp³-hybridized carbons (Fsp3) is 0.244. The third-order valence-corrected chi connectivity index (χ3v) is 8.22. The van der Waals surface area contributed by atoms with Crippen molar-refractivity contribution in [3.63, 3.8) is 0 Å². The Kier molecular flexibility index (Phi) is 37.8. The number of halogens is 1. The Morgan fingerprint density at radius 2 is 1.19 bits per heavy atom. The van der Waals surface area contributed by atoms with E-state index in [9.17, 15) is 10.4 Å². The number of hydrogen-bond donors (Lipinski definition) is 3. The van der Waals surface area contributed by atoms with E-state index in [0.717, 1.165) is 49.3 Å². The van der Waals surface area contributed by atoms with E-state index in [1.165, 1.54) is 41.9 Å². The maximum absolute atomic E-state index is 9.50. The van der Waals surface area contributed by atoms with Gasteiger partial charge in [0.25, 0.3) is 0 Å². The molecular weight excluding hydrogens is 797 g/mol. The second-order valence-electron chi connectivity index (χ2n) is 10.8. The summed E-state index contributed by atoms with van der Waals surface area (Å²) in [6.45, 7) is 0. The summed E-state index contributed by atoms with van der Waals surface area (Å²) in [5.74, 6) is 0.654. The molecule has 276 valence electrons. The van der Waals surface area contributed by atoms with Gasteiger partial charge < -0.3 is 33.1 Å². The monoisotopic (exact) mass is 850 g/mol. The van der Waals surface area contributed by atoms with Crippen molar-refractivity contribution in [3.8, 4) is 0 Å². The third kappa shape index (κ3) is 20.4. The van der Waals surface area contributed by atoms with Crippen LogP contribution in [0.4, 0.5) is 22.7 Å². The molecule has 1 fully saturated rings. The van der Waals surface area contributed by atoms with Crippen LogP contribution in [0, 0.1) is 28.3 Å². The average molecular weight is 853 g/mol. The van der Waals surface area contributed by atoms with Crippen molar-refractivity contribution in [1.82, 2.24) is 0 Å². The molecule has 8 nitrogen and oxygen atoms in total. The molecule has 0 amide bonds. The minimum Gasteiger partial charge on any atom is -0.870 e. The summed E-state index contributed by atoms with van der Waals surface area (Å²) in [5, 5.41) is 35.3. The van der Waals surface area contributed by atoms with Crippen molar-refractivity contribution in [2.24, 2.45) is 0 Å². The standard InChI is InChI=1S/C12H17NO.C12H13NO.C7H8BrNO.C7H7N.3CH3.2Li.H2O.Zr/c2*1-13(14)12-9-5-4-8-11(12)10-6-2-3-7-10;1-9(10)7-5-3-2-4-6(7)8;1-8-7-5-3-2-4-6-7;;;;;;;/h4-5,8-10,14H,2-3,6-7H2,1H3;2,4-9,14H,3H2,1H3;2-5,10H,1H3;2-5H,1H3;3*1H3;;;1H2;/q;;;-2;3*-1;2*+1;;+4/p-1. The number of allylic oxidation sites excluding steroid dienone is 4. The summed E-state index contributed by atoms with van der Waals surface area (Å²) in [5.41, 5.74) is 7.03. The fourth-order valence-corrected chi connectivity index (χ4v) is 5.80. The Morgan fingerprint density at radius 1 is 0.698 bits per heavy atom. The van der Waals surface area contributed by atoms with Gasteiger partial charge in [-0.05, 0) is 76.5 Å². The number of para-hydroxylation sites is 4. The van der Waals surface area contributed by atoms with Gasteiger partial charge in [-0.15, -0.1) is 7.05 Å². The number of nitrogens with zero attached hydrogens (tertiary/aromatic N) is 4. The van der Waals surface area contributed by atoms with Crippen LogP contribution in [0.3, 0.4) is 0 Å². The maximum atomic E-state index is 9.50. The molecule has 1 saturated carbocycles. The minimum absolute atomic E-state index is 0. The van der Waals surface area contributed by atoms with Gasteiger partial charge in [0, 0.05) is 31.2 Å². The van der Waals surface area contributed by atoms with Crippen LogP contribution in [0.15, 0.2) is 120 Å². The molecule has 53 heavy (non-hydrogen) atoms. The molecule has 0 atom stereocenters. The molecule has 4 aromatic rings. The summed E-state index contributed by atoms with van der Waals surface area (Å²) in [4.78, 5) is 0. The molecule has 0 aromatic heterocycles. The van der Waals surface area contributed by atoms with E-state index >= 15 is 0 Å². The van der Waals surface area contributed by atoms with E-state index in [0.29, 0.717) is 5.92 Å². The van der Waals surface area contributed by atoms with Gasteiger partial charge in [-0.1, -0.05) is 79.6 Å². The molecule has 0 heterocycles. The molecular formula is C41H55BrLi2N4O4Zr. The second kappa shape index (κ2) is 33.3. The number of benzene rings is 4. The van der Waals surface area contributed by atoms with Gasteiger partial charge in [-0.2, -0.15) is 30.3 Å². The molecule has 4 N–H and O–H groups in total. The molecule has 0 unspecified atom stereocenters. The smallest absolute Gasteiger partial charge is 0.870 e. The summed E-state index contributed by atoms with van der Waals surface area (Å²) in [7, 11) is 6.66. The molecule has 4 aromatic carbocycles. The van der Waals surface area contributed by atoms with E-state index < -0.39 is 0 Å². The van der Waals surface area contributed by atoms with E-state index in [4.69, 9.17) is 5.21 Å². The van der Waals surface area contributed by atoms with Gasteiger partial charge in [-0.3, -0.25) is 36.5 Å². The zero-order valence-corrected chi connectivity index (χ0v) is 37.1. The van der Waals surface area contributed by atoms with Crippen molar-refractivity contribution in [3.05, 3.63) is 165 Å². The molecule has 2 aliphatic rings. The molecule has 0 saturated heterocycles. The van der Waals surface area contributed by atoms with E-state index in [-0.39, 0.29) is 91.7 Å². The Bertz CT molecular complexity index is 1540. The summed E-state index contributed by atoms with van der Waals surface area (Å²) < 4.78 is 0.889. The van der Waals surface area contributed by atoms with Crippen LogP contribution in [0.1, 0.15) is 49.1 Å². The number of rotatable bonds is 6. The van der Waals surface area contributed by atoms with Crippen LogP contribution in [-0.2, 0) is 26.2 Å². The first-order valence-electron chi connectivity index (χ1n) is 15.4. The normalized spacial score (nSPS) is 11.4. The van der Waals surface area contributed by atoms with Gasteiger partial charge >= 0.3 is 63.9 Å². The third-order valence-electron chi connectivity index (χ3n) is 7.55. The van der Waals surface area contributed by atoms with E-state index in [1.54, 1.807) is 28.2 Å². The summed E-state index contributed by atoms with van der Waals surface area (Å²) in [6.07, 6.45) is 12.5. The molecule has 12 heteroatoms.